The lowest BCUT2D eigenvalue weighted by Gasteiger charge is -2.25. The molecule has 35 heavy (non-hydrogen) atoms. The predicted octanol–water partition coefficient (Wildman–Crippen LogP) is 5.21. The van der Waals surface area contributed by atoms with Crippen molar-refractivity contribution in [1.29, 1.82) is 0 Å². The lowest BCUT2D eigenvalue weighted by atomic mass is 10.0. The molecule has 0 amide bonds. The van der Waals surface area contributed by atoms with Crippen LogP contribution in [0.25, 0.3) is 0 Å². The summed E-state index contributed by atoms with van der Waals surface area (Å²) in [4.78, 5) is 8.32. The van der Waals surface area contributed by atoms with Crippen LogP contribution in [0.15, 0.2) is 107 Å². The standard InChI is InChI=1S/C27H26N2O4S2/c1-20-3-7-24(8-4-20)34(30,31)26(22-11-15-28-16-12-22)19-27(23-13-17-29-18-14-23)35(32,33)25-9-5-21(2)6-10-25/h3-18,26-27H,19H2,1-2H3. The molecule has 4 rings (SSSR count). The second-order valence-electron chi connectivity index (χ2n) is 8.49. The number of aryl methyl sites for hydroxylation is 2. The Morgan fingerprint density at radius 1 is 0.543 bits per heavy atom. The summed E-state index contributed by atoms with van der Waals surface area (Å²) in [6.45, 7) is 3.76. The zero-order chi connectivity index (χ0) is 25.1. The Hall–Kier alpha value is -3.36. The molecular weight excluding hydrogens is 480 g/mol. The molecule has 0 aliphatic heterocycles. The number of hydrogen-bond donors (Lipinski definition) is 0. The normalized spacial score (nSPS) is 13.8. The summed E-state index contributed by atoms with van der Waals surface area (Å²) < 4.78 is 55.6. The average Bonchev–Trinajstić information content (AvgIpc) is 2.86. The van der Waals surface area contributed by atoms with Gasteiger partial charge < -0.3 is 0 Å². The maximum absolute atomic E-state index is 13.9. The first-order chi connectivity index (χ1) is 16.7. The highest BCUT2D eigenvalue weighted by Crippen LogP contribution is 2.41. The van der Waals surface area contributed by atoms with Crippen molar-refractivity contribution in [2.75, 3.05) is 0 Å². The van der Waals surface area contributed by atoms with Crippen LogP contribution in [-0.4, -0.2) is 26.8 Å². The Kier molecular flexibility index (Phi) is 7.14. The lowest BCUT2D eigenvalue weighted by molar-refractivity contribution is 0.557. The molecule has 2 aromatic carbocycles. The van der Waals surface area contributed by atoms with E-state index in [0.717, 1.165) is 11.1 Å². The molecule has 180 valence electrons. The first kappa shape index (κ1) is 24.8. The molecule has 0 spiro atoms. The van der Waals surface area contributed by atoms with Gasteiger partial charge in [-0.1, -0.05) is 35.4 Å². The molecule has 4 aromatic rings. The van der Waals surface area contributed by atoms with Crippen molar-refractivity contribution in [3.8, 4) is 0 Å². The second-order valence-corrected chi connectivity index (χ2v) is 12.8. The largest absolute Gasteiger partial charge is 0.265 e. The quantitative estimate of drug-likeness (QED) is 0.325. The molecule has 2 heterocycles. The van der Waals surface area contributed by atoms with Gasteiger partial charge in [0.1, 0.15) is 0 Å². The fraction of sp³-hybridized carbons (Fsp3) is 0.185. The summed E-state index contributed by atoms with van der Waals surface area (Å²) in [5.74, 6) is 0. The summed E-state index contributed by atoms with van der Waals surface area (Å²) >= 11 is 0. The van der Waals surface area contributed by atoms with Crippen molar-refractivity contribution in [3.63, 3.8) is 0 Å². The number of pyridine rings is 2. The highest BCUT2D eigenvalue weighted by molar-refractivity contribution is 7.92. The topological polar surface area (TPSA) is 94.1 Å². The van der Waals surface area contributed by atoms with Gasteiger partial charge in [-0.25, -0.2) is 16.8 Å². The van der Waals surface area contributed by atoms with Crippen molar-refractivity contribution in [2.24, 2.45) is 0 Å². The summed E-state index contributed by atoms with van der Waals surface area (Å²) in [7, 11) is -7.86. The van der Waals surface area contributed by atoms with E-state index in [0.29, 0.717) is 11.1 Å². The van der Waals surface area contributed by atoms with E-state index in [1.54, 1.807) is 72.8 Å². The number of nitrogens with zero attached hydrogens (tertiary/aromatic N) is 2. The van der Waals surface area contributed by atoms with Crippen LogP contribution >= 0.6 is 0 Å². The van der Waals surface area contributed by atoms with Crippen LogP contribution in [0.5, 0.6) is 0 Å². The molecule has 2 unspecified atom stereocenters. The second kappa shape index (κ2) is 10.1. The third-order valence-electron chi connectivity index (χ3n) is 6.03. The van der Waals surface area contributed by atoms with E-state index < -0.39 is 30.2 Å². The molecule has 0 aliphatic rings. The molecule has 6 nitrogen and oxygen atoms in total. The van der Waals surface area contributed by atoms with Crippen molar-refractivity contribution in [3.05, 3.63) is 120 Å². The molecular formula is C27H26N2O4S2. The minimum atomic E-state index is -3.93. The van der Waals surface area contributed by atoms with Gasteiger partial charge >= 0.3 is 0 Å². The van der Waals surface area contributed by atoms with E-state index in [-0.39, 0.29) is 16.2 Å². The molecule has 0 saturated carbocycles. The Balaban J connectivity index is 1.87. The monoisotopic (exact) mass is 506 g/mol. The van der Waals surface area contributed by atoms with Crippen molar-refractivity contribution >= 4 is 19.7 Å². The lowest BCUT2D eigenvalue weighted by Crippen LogP contribution is -2.22. The van der Waals surface area contributed by atoms with E-state index >= 15 is 0 Å². The van der Waals surface area contributed by atoms with Gasteiger partial charge in [0.15, 0.2) is 19.7 Å². The fourth-order valence-corrected chi connectivity index (χ4v) is 7.75. The first-order valence-electron chi connectivity index (χ1n) is 11.1. The molecule has 8 heteroatoms. The van der Waals surface area contributed by atoms with Crippen molar-refractivity contribution in [1.82, 2.24) is 9.97 Å². The molecule has 0 saturated heterocycles. The minimum Gasteiger partial charge on any atom is -0.265 e. The van der Waals surface area contributed by atoms with Crippen LogP contribution in [0.3, 0.4) is 0 Å². The van der Waals surface area contributed by atoms with Crippen molar-refractivity contribution in [2.45, 2.75) is 40.6 Å². The van der Waals surface area contributed by atoms with Crippen LogP contribution in [-0.2, 0) is 19.7 Å². The number of hydrogen-bond acceptors (Lipinski definition) is 6. The average molecular weight is 507 g/mol. The minimum absolute atomic E-state index is 0.145. The molecule has 0 radical (unpaired) electrons. The SMILES string of the molecule is Cc1ccc(S(=O)(=O)C(CC(c2ccncc2)S(=O)(=O)c2ccc(C)cc2)c2ccncc2)cc1. The van der Waals surface area contributed by atoms with Gasteiger partial charge in [-0.15, -0.1) is 0 Å². The Morgan fingerprint density at radius 3 is 1.17 bits per heavy atom. The van der Waals surface area contributed by atoms with E-state index in [1.165, 1.54) is 24.8 Å². The van der Waals surface area contributed by atoms with Crippen LogP contribution in [0.4, 0.5) is 0 Å². The molecule has 2 atom stereocenters. The highest BCUT2D eigenvalue weighted by atomic mass is 32.2. The third kappa shape index (κ3) is 5.33. The van der Waals surface area contributed by atoms with E-state index in [9.17, 15) is 16.8 Å². The molecule has 2 aromatic heterocycles. The maximum atomic E-state index is 13.9. The smallest absolute Gasteiger partial charge is 0.185 e. The van der Waals surface area contributed by atoms with Gasteiger partial charge in [0, 0.05) is 24.8 Å². The molecule has 0 N–H and O–H groups in total. The molecule has 0 bridgehead atoms. The first-order valence-corrected chi connectivity index (χ1v) is 14.2. The number of rotatable bonds is 8. The zero-order valence-electron chi connectivity index (χ0n) is 19.4. The summed E-state index contributed by atoms with van der Waals surface area (Å²) in [6.07, 6.45) is 5.90. The predicted molar refractivity (Wildman–Crippen MR) is 135 cm³/mol. The van der Waals surface area contributed by atoms with Crippen LogP contribution in [0, 0.1) is 13.8 Å². The Labute approximate surface area is 206 Å². The van der Waals surface area contributed by atoms with Gasteiger partial charge in [-0.05, 0) is 79.9 Å². The van der Waals surface area contributed by atoms with E-state index in [2.05, 4.69) is 9.97 Å². The highest BCUT2D eigenvalue weighted by Gasteiger charge is 2.38. The van der Waals surface area contributed by atoms with Gasteiger partial charge in [0.25, 0.3) is 0 Å². The van der Waals surface area contributed by atoms with Crippen LogP contribution < -0.4 is 0 Å². The van der Waals surface area contributed by atoms with E-state index in [1.807, 2.05) is 13.8 Å². The molecule has 0 aliphatic carbocycles. The number of benzene rings is 2. The maximum Gasteiger partial charge on any atom is 0.185 e. The van der Waals surface area contributed by atoms with Gasteiger partial charge in [0.2, 0.25) is 0 Å². The fourth-order valence-electron chi connectivity index (χ4n) is 4.02. The van der Waals surface area contributed by atoms with Crippen LogP contribution in [0.1, 0.15) is 39.2 Å². The van der Waals surface area contributed by atoms with Crippen LogP contribution in [0.2, 0.25) is 0 Å². The third-order valence-corrected chi connectivity index (χ3v) is 10.3. The van der Waals surface area contributed by atoms with Gasteiger partial charge in [0.05, 0.1) is 20.3 Å². The number of aromatic nitrogens is 2. The van der Waals surface area contributed by atoms with Gasteiger partial charge in [-0.2, -0.15) is 0 Å². The summed E-state index contributed by atoms with van der Waals surface area (Å²) in [5, 5.41) is -2.21. The molecule has 0 fully saturated rings. The summed E-state index contributed by atoms with van der Waals surface area (Å²) in [5.41, 5.74) is 2.83. The zero-order valence-corrected chi connectivity index (χ0v) is 21.1. The summed E-state index contributed by atoms with van der Waals surface area (Å²) in [6, 6.07) is 19.7. The number of sulfone groups is 2. The van der Waals surface area contributed by atoms with Gasteiger partial charge in [-0.3, -0.25) is 9.97 Å². The Bertz CT molecular complexity index is 1370. The van der Waals surface area contributed by atoms with Crippen molar-refractivity contribution < 1.29 is 16.8 Å². The van der Waals surface area contributed by atoms with E-state index in [4.69, 9.17) is 0 Å². The Morgan fingerprint density at radius 2 is 0.857 bits per heavy atom.